The van der Waals surface area contributed by atoms with Crippen LogP contribution in [0.3, 0.4) is 0 Å². The molecular formula is C20H28BrClN2O2. The first-order valence-electron chi connectivity index (χ1n) is 9.01. The van der Waals surface area contributed by atoms with Crippen LogP contribution in [0.5, 0.6) is 0 Å². The third-order valence-electron chi connectivity index (χ3n) is 5.00. The summed E-state index contributed by atoms with van der Waals surface area (Å²) in [5.41, 5.74) is 0.396. The molecule has 0 saturated carbocycles. The summed E-state index contributed by atoms with van der Waals surface area (Å²) >= 11 is 10.0. The highest BCUT2D eigenvalue weighted by Crippen LogP contribution is 2.42. The number of ether oxygens (including phenoxy) is 2. The average Bonchev–Trinajstić information content (AvgIpc) is 2.60. The zero-order chi connectivity index (χ0) is 19.5. The molecule has 144 valence electrons. The Balaban J connectivity index is 2.62. The van der Waals surface area contributed by atoms with Gasteiger partial charge in [-0.05, 0) is 30.0 Å². The molecule has 1 aliphatic rings. The van der Waals surface area contributed by atoms with E-state index >= 15 is 0 Å². The van der Waals surface area contributed by atoms with Crippen LogP contribution in [0.2, 0.25) is 5.02 Å². The van der Waals surface area contributed by atoms with Crippen LogP contribution in [0.25, 0.3) is 0 Å². The first-order valence-corrected chi connectivity index (χ1v) is 10.2. The van der Waals surface area contributed by atoms with E-state index in [4.69, 9.17) is 31.1 Å². The quantitative estimate of drug-likeness (QED) is 0.571. The smallest absolute Gasteiger partial charge is 0.213 e. The Bertz CT molecular complexity index is 705. The molecule has 1 aromatic carbocycles. The van der Waals surface area contributed by atoms with E-state index in [2.05, 4.69) is 43.6 Å². The van der Waals surface area contributed by atoms with Crippen molar-refractivity contribution in [1.29, 1.82) is 0 Å². The molecule has 0 N–H and O–H groups in total. The minimum atomic E-state index is -0.627. The van der Waals surface area contributed by atoms with E-state index in [1.54, 1.807) is 14.2 Å². The number of hydrogen-bond acceptors (Lipinski definition) is 4. The van der Waals surface area contributed by atoms with Crippen molar-refractivity contribution in [2.45, 2.75) is 58.0 Å². The lowest BCUT2D eigenvalue weighted by molar-refractivity contribution is 0.279. The molecule has 0 bridgehead atoms. The third kappa shape index (κ3) is 3.94. The van der Waals surface area contributed by atoms with Gasteiger partial charge in [-0.1, -0.05) is 67.7 Å². The van der Waals surface area contributed by atoms with Gasteiger partial charge >= 0.3 is 0 Å². The Morgan fingerprint density at radius 1 is 1.23 bits per heavy atom. The predicted octanol–water partition coefficient (Wildman–Crippen LogP) is 5.87. The van der Waals surface area contributed by atoms with Crippen molar-refractivity contribution in [3.05, 3.63) is 33.3 Å². The number of nitrogens with zero attached hydrogens (tertiary/aromatic N) is 2. The fourth-order valence-electron chi connectivity index (χ4n) is 3.59. The van der Waals surface area contributed by atoms with Crippen molar-refractivity contribution in [3.8, 4) is 0 Å². The fourth-order valence-corrected chi connectivity index (χ4v) is 4.42. The number of methoxy groups -OCH3 is 2. The second kappa shape index (κ2) is 8.75. The van der Waals surface area contributed by atoms with E-state index < -0.39 is 5.54 Å². The maximum Gasteiger partial charge on any atom is 0.213 e. The van der Waals surface area contributed by atoms with Crippen molar-refractivity contribution in [2.24, 2.45) is 15.9 Å². The molecule has 0 saturated heterocycles. The van der Waals surface area contributed by atoms with Crippen molar-refractivity contribution >= 4 is 39.3 Å². The van der Waals surface area contributed by atoms with Crippen LogP contribution >= 0.6 is 27.5 Å². The maximum atomic E-state index is 6.56. The average molecular weight is 444 g/mol. The summed E-state index contributed by atoms with van der Waals surface area (Å²) < 4.78 is 12.4. The van der Waals surface area contributed by atoms with Gasteiger partial charge in [-0.2, -0.15) is 0 Å². The minimum Gasteiger partial charge on any atom is -0.483 e. The van der Waals surface area contributed by atoms with Gasteiger partial charge < -0.3 is 9.47 Å². The Hall–Kier alpha value is -1.07. The highest BCUT2D eigenvalue weighted by Gasteiger charge is 2.47. The van der Waals surface area contributed by atoms with E-state index in [9.17, 15) is 0 Å². The number of hydrogen-bond donors (Lipinski definition) is 0. The highest BCUT2D eigenvalue weighted by molar-refractivity contribution is 9.10. The van der Waals surface area contributed by atoms with Gasteiger partial charge in [0.05, 0.1) is 14.2 Å². The molecule has 4 nitrogen and oxygen atoms in total. The summed E-state index contributed by atoms with van der Waals surface area (Å²) in [7, 11) is 3.33. The van der Waals surface area contributed by atoms with Gasteiger partial charge in [0.15, 0.2) is 0 Å². The standard InChI is InChI=1S/C20H28BrClN2O2/c1-7-10-20(13(4)15-9-8-14(21)11-16(15)22)19(26-6)23-17(12(2)3)18(24-20)25-5/h8-9,11-13,17H,7,10H2,1-6H3/t13?,17-,20+/m1/s1. The lowest BCUT2D eigenvalue weighted by Gasteiger charge is -2.40. The van der Waals surface area contributed by atoms with Crippen LogP contribution < -0.4 is 0 Å². The monoisotopic (exact) mass is 442 g/mol. The predicted molar refractivity (Wildman–Crippen MR) is 113 cm³/mol. The van der Waals surface area contributed by atoms with Crippen molar-refractivity contribution in [1.82, 2.24) is 0 Å². The van der Waals surface area contributed by atoms with Gasteiger partial charge in [-0.3, -0.25) is 0 Å². The van der Waals surface area contributed by atoms with E-state index in [0.29, 0.717) is 16.8 Å². The maximum absolute atomic E-state index is 6.56. The van der Waals surface area contributed by atoms with Crippen LogP contribution in [-0.4, -0.2) is 37.6 Å². The molecular weight excluding hydrogens is 416 g/mol. The van der Waals surface area contributed by atoms with Gasteiger partial charge in [-0.15, -0.1) is 0 Å². The van der Waals surface area contributed by atoms with Crippen molar-refractivity contribution in [2.75, 3.05) is 14.2 Å². The molecule has 1 aromatic rings. The lowest BCUT2D eigenvalue weighted by Crippen LogP contribution is -2.49. The zero-order valence-electron chi connectivity index (χ0n) is 16.3. The summed E-state index contributed by atoms with van der Waals surface area (Å²) in [6, 6.07) is 5.82. The molecule has 1 aliphatic heterocycles. The molecule has 1 heterocycles. The van der Waals surface area contributed by atoms with Crippen LogP contribution in [0.1, 0.15) is 52.0 Å². The second-order valence-corrected chi connectivity index (χ2v) is 8.37. The lowest BCUT2D eigenvalue weighted by atomic mass is 9.76. The molecule has 6 heteroatoms. The Kier molecular flexibility index (Phi) is 7.14. The molecule has 0 fully saturated rings. The number of rotatable bonds is 5. The van der Waals surface area contributed by atoms with Gasteiger partial charge in [0, 0.05) is 15.4 Å². The van der Waals surface area contributed by atoms with E-state index in [1.165, 1.54) is 0 Å². The minimum absolute atomic E-state index is 0.0139. The molecule has 0 aromatic heterocycles. The molecule has 0 spiro atoms. The SMILES string of the molecule is CCC[C@@]1(C(C)c2ccc(Br)cc2Cl)N=C(OC)[C@@H](C(C)C)N=C1OC. The number of aliphatic imine (C=N–C) groups is 2. The summed E-state index contributed by atoms with van der Waals surface area (Å²) in [4.78, 5) is 9.99. The second-order valence-electron chi connectivity index (χ2n) is 7.04. The summed E-state index contributed by atoms with van der Waals surface area (Å²) in [5, 5.41) is 0.706. The first kappa shape index (κ1) is 21.2. The Labute approximate surface area is 170 Å². The summed E-state index contributed by atoms with van der Waals surface area (Å²) in [6.07, 6.45) is 1.73. The van der Waals surface area contributed by atoms with E-state index in [0.717, 1.165) is 22.9 Å². The van der Waals surface area contributed by atoms with Crippen LogP contribution in [0.15, 0.2) is 32.7 Å². The number of benzene rings is 1. The summed E-state index contributed by atoms with van der Waals surface area (Å²) in [5.74, 6) is 1.57. The molecule has 26 heavy (non-hydrogen) atoms. The molecule has 0 radical (unpaired) electrons. The third-order valence-corrected chi connectivity index (χ3v) is 5.82. The molecule has 0 amide bonds. The zero-order valence-corrected chi connectivity index (χ0v) is 18.7. The van der Waals surface area contributed by atoms with Gasteiger partial charge in [0.1, 0.15) is 11.6 Å². The van der Waals surface area contributed by atoms with Gasteiger partial charge in [0.25, 0.3) is 0 Å². The largest absolute Gasteiger partial charge is 0.483 e. The topological polar surface area (TPSA) is 43.2 Å². The normalized spacial score (nSPS) is 24.1. The van der Waals surface area contributed by atoms with Crippen molar-refractivity contribution < 1.29 is 9.47 Å². The van der Waals surface area contributed by atoms with Gasteiger partial charge in [-0.25, -0.2) is 9.98 Å². The van der Waals surface area contributed by atoms with Gasteiger partial charge in [0.2, 0.25) is 11.8 Å². The Morgan fingerprint density at radius 3 is 2.42 bits per heavy atom. The van der Waals surface area contributed by atoms with Crippen LogP contribution in [-0.2, 0) is 9.47 Å². The van der Waals surface area contributed by atoms with Crippen molar-refractivity contribution in [3.63, 3.8) is 0 Å². The molecule has 0 aliphatic carbocycles. The highest BCUT2D eigenvalue weighted by atomic mass is 79.9. The number of halogens is 2. The molecule has 3 atom stereocenters. The molecule has 2 rings (SSSR count). The fraction of sp³-hybridized carbons (Fsp3) is 0.600. The van der Waals surface area contributed by atoms with E-state index in [1.807, 2.05) is 18.2 Å². The first-order chi connectivity index (χ1) is 12.3. The molecule has 1 unspecified atom stereocenters. The van der Waals surface area contributed by atoms with Crippen LogP contribution in [0, 0.1) is 5.92 Å². The van der Waals surface area contributed by atoms with Crippen LogP contribution in [0.4, 0.5) is 0 Å². The Morgan fingerprint density at radius 2 is 1.92 bits per heavy atom. The van der Waals surface area contributed by atoms with E-state index in [-0.39, 0.29) is 17.9 Å². The summed E-state index contributed by atoms with van der Waals surface area (Å²) in [6.45, 7) is 8.49.